The van der Waals surface area contributed by atoms with Gasteiger partial charge >= 0.3 is 17.9 Å². The van der Waals surface area contributed by atoms with Crippen molar-refractivity contribution in [1.82, 2.24) is 0 Å². The quantitative estimate of drug-likeness (QED) is 0.312. The number of hydrogen-bond donors (Lipinski definition) is 1. The van der Waals surface area contributed by atoms with Crippen LogP contribution in [-0.2, 0) is 28.6 Å². The molecule has 0 fully saturated rings. The molecule has 0 saturated heterocycles. The van der Waals surface area contributed by atoms with Crippen LogP contribution in [0.3, 0.4) is 0 Å². The molecule has 0 amide bonds. The summed E-state index contributed by atoms with van der Waals surface area (Å²) in [6.07, 6.45) is -0.713. The molecule has 3 atom stereocenters. The molecule has 0 aliphatic heterocycles. The maximum absolute atomic E-state index is 12.9. The van der Waals surface area contributed by atoms with E-state index in [0.29, 0.717) is 19.3 Å². The van der Waals surface area contributed by atoms with Gasteiger partial charge in [0, 0.05) is 0 Å². The van der Waals surface area contributed by atoms with Gasteiger partial charge in [-0.2, -0.15) is 0 Å². The molecule has 7 heteroatoms. The summed E-state index contributed by atoms with van der Waals surface area (Å²) < 4.78 is 16.4. The Morgan fingerprint density at radius 3 is 1.19 bits per heavy atom. The van der Waals surface area contributed by atoms with Crippen LogP contribution >= 0.6 is 0 Å². The van der Waals surface area contributed by atoms with E-state index < -0.39 is 42.5 Å². The number of esters is 3. The van der Waals surface area contributed by atoms with Crippen molar-refractivity contribution in [3.05, 3.63) is 0 Å². The van der Waals surface area contributed by atoms with Crippen LogP contribution in [0.15, 0.2) is 0 Å². The second-order valence-corrected chi connectivity index (χ2v) is 9.34. The number of carbonyl (C=O) groups excluding carboxylic acids is 3. The van der Waals surface area contributed by atoms with Gasteiger partial charge in [0.05, 0.1) is 12.8 Å². The predicted molar refractivity (Wildman–Crippen MR) is 119 cm³/mol. The monoisotopic (exact) mass is 444 g/mol. The maximum Gasteiger partial charge on any atom is 0.339 e. The normalized spacial score (nSPS) is 16.5. The number of rotatable bonds is 14. The van der Waals surface area contributed by atoms with Gasteiger partial charge in [0.15, 0.2) is 5.60 Å². The lowest BCUT2D eigenvalue weighted by Gasteiger charge is -2.30. The molecular formula is C24H44O7. The Labute approximate surface area is 188 Å². The van der Waals surface area contributed by atoms with Crippen LogP contribution in [0.4, 0.5) is 0 Å². The Hall–Kier alpha value is -1.63. The van der Waals surface area contributed by atoms with E-state index in [9.17, 15) is 19.5 Å². The van der Waals surface area contributed by atoms with E-state index in [4.69, 9.17) is 14.2 Å². The lowest BCUT2D eigenvalue weighted by atomic mass is 9.94. The molecule has 0 aliphatic carbocycles. The van der Waals surface area contributed by atoms with Gasteiger partial charge in [-0.1, -0.05) is 62.3 Å². The molecule has 31 heavy (non-hydrogen) atoms. The molecule has 0 radical (unpaired) electrons. The molecule has 0 rings (SSSR count). The molecule has 0 aromatic rings. The Morgan fingerprint density at radius 1 is 0.645 bits per heavy atom. The maximum atomic E-state index is 12.9. The average Bonchev–Trinajstić information content (AvgIpc) is 2.66. The van der Waals surface area contributed by atoms with Crippen LogP contribution in [-0.4, -0.2) is 46.9 Å². The van der Waals surface area contributed by atoms with E-state index >= 15 is 0 Å². The Bertz CT molecular complexity index is 536. The van der Waals surface area contributed by atoms with E-state index in [0.717, 1.165) is 0 Å². The number of aliphatic hydroxyl groups is 1. The molecule has 1 N–H and O–H groups in total. The summed E-state index contributed by atoms with van der Waals surface area (Å²) in [5, 5.41) is 11.1. The first-order valence-corrected chi connectivity index (χ1v) is 11.6. The van der Waals surface area contributed by atoms with Crippen LogP contribution in [0.25, 0.3) is 0 Å². The Balaban J connectivity index is 5.60. The van der Waals surface area contributed by atoms with Gasteiger partial charge in [0.1, 0.15) is 18.3 Å². The highest BCUT2D eigenvalue weighted by molar-refractivity contribution is 5.90. The van der Waals surface area contributed by atoms with Gasteiger partial charge in [0.2, 0.25) is 0 Å². The van der Waals surface area contributed by atoms with Crippen LogP contribution in [0.2, 0.25) is 0 Å². The zero-order chi connectivity index (χ0) is 24.4. The van der Waals surface area contributed by atoms with Crippen LogP contribution in [0.1, 0.15) is 94.4 Å². The van der Waals surface area contributed by atoms with Crippen LogP contribution in [0.5, 0.6) is 0 Å². The van der Waals surface area contributed by atoms with E-state index in [2.05, 4.69) is 0 Å². The first-order valence-electron chi connectivity index (χ1n) is 11.6. The number of carbonyl (C=O) groups is 3. The fourth-order valence-corrected chi connectivity index (χ4v) is 3.43. The summed E-state index contributed by atoms with van der Waals surface area (Å²) in [7, 11) is 0. The Kier molecular flexibility index (Phi) is 13.0. The zero-order valence-corrected chi connectivity index (χ0v) is 20.9. The summed E-state index contributed by atoms with van der Waals surface area (Å²) in [6.45, 7) is 17.1. The van der Waals surface area contributed by atoms with Crippen molar-refractivity contribution in [3.8, 4) is 0 Å². The first kappa shape index (κ1) is 29.4. The van der Waals surface area contributed by atoms with Crippen molar-refractivity contribution < 1.29 is 33.7 Å². The van der Waals surface area contributed by atoms with Gasteiger partial charge < -0.3 is 19.3 Å². The van der Waals surface area contributed by atoms with Gasteiger partial charge in [-0.3, -0.25) is 9.59 Å². The van der Waals surface area contributed by atoms with Crippen LogP contribution < -0.4 is 0 Å². The van der Waals surface area contributed by atoms with Gasteiger partial charge in [0.25, 0.3) is 0 Å². The smallest absolute Gasteiger partial charge is 0.339 e. The number of ether oxygens (including phenoxy) is 3. The molecule has 3 unspecified atom stereocenters. The van der Waals surface area contributed by atoms with E-state index in [1.54, 1.807) is 0 Å². The van der Waals surface area contributed by atoms with Crippen molar-refractivity contribution in [2.24, 2.45) is 17.8 Å². The van der Waals surface area contributed by atoms with E-state index in [1.165, 1.54) is 0 Å². The molecule has 7 nitrogen and oxygen atoms in total. The summed E-state index contributed by atoms with van der Waals surface area (Å²) in [6, 6.07) is 0. The highest BCUT2D eigenvalue weighted by atomic mass is 16.6. The first-order chi connectivity index (χ1) is 14.3. The molecule has 0 aromatic carbocycles. The van der Waals surface area contributed by atoms with Crippen molar-refractivity contribution in [2.75, 3.05) is 0 Å². The average molecular weight is 445 g/mol. The molecular weight excluding hydrogens is 400 g/mol. The van der Waals surface area contributed by atoms with Crippen molar-refractivity contribution >= 4 is 17.9 Å². The molecule has 0 heterocycles. The molecule has 182 valence electrons. The van der Waals surface area contributed by atoms with Gasteiger partial charge in [-0.25, -0.2) is 4.79 Å². The zero-order valence-electron chi connectivity index (χ0n) is 20.9. The third kappa shape index (κ3) is 10.0. The molecule has 0 spiro atoms. The van der Waals surface area contributed by atoms with Crippen molar-refractivity contribution in [1.29, 1.82) is 0 Å². The van der Waals surface area contributed by atoms with Gasteiger partial charge in [-0.15, -0.1) is 0 Å². The lowest BCUT2D eigenvalue weighted by molar-refractivity contribution is -0.186. The lowest BCUT2D eigenvalue weighted by Crippen LogP contribution is -2.47. The summed E-state index contributed by atoms with van der Waals surface area (Å²) in [5.74, 6) is -2.31. The fraction of sp³-hybridized carbons (Fsp3) is 0.875. The second kappa shape index (κ2) is 13.7. The minimum absolute atomic E-state index is 0.0212. The second-order valence-electron chi connectivity index (χ2n) is 9.34. The molecule has 0 saturated carbocycles. The molecule has 0 bridgehead atoms. The van der Waals surface area contributed by atoms with Crippen molar-refractivity contribution in [2.45, 2.75) is 118 Å². The summed E-state index contributed by atoms with van der Waals surface area (Å²) >= 11 is 0. The van der Waals surface area contributed by atoms with E-state index in [1.807, 2.05) is 62.3 Å². The summed E-state index contributed by atoms with van der Waals surface area (Å²) in [5.41, 5.74) is -2.35. The molecule has 0 aliphatic rings. The minimum atomic E-state index is -2.35. The predicted octanol–water partition coefficient (Wildman–Crippen LogP) is 4.43. The fourth-order valence-electron chi connectivity index (χ4n) is 3.43. The molecule has 0 aromatic heterocycles. The largest absolute Gasteiger partial charge is 0.462 e. The SMILES string of the molecule is CCC(OC(=O)CC(O)(CC(=O)OC(CC)C(C)C)C(=O)OC(CC)C(C)C)C(C)C. The number of hydrogen-bond acceptors (Lipinski definition) is 7. The third-order valence-electron chi connectivity index (χ3n) is 5.52. The van der Waals surface area contributed by atoms with E-state index in [-0.39, 0.29) is 30.0 Å². The highest BCUT2D eigenvalue weighted by Crippen LogP contribution is 2.25. The summed E-state index contributed by atoms with van der Waals surface area (Å²) in [4.78, 5) is 38.0. The topological polar surface area (TPSA) is 99.1 Å². The van der Waals surface area contributed by atoms with Gasteiger partial charge in [-0.05, 0) is 37.0 Å². The minimum Gasteiger partial charge on any atom is -0.462 e. The Morgan fingerprint density at radius 2 is 0.935 bits per heavy atom. The standard InChI is InChI=1S/C24H44O7/c1-10-18(15(4)5)29-21(25)13-24(28,23(27)31-20(12-3)17(8)9)14-22(26)30-19(11-2)16(6)7/h15-20,28H,10-14H2,1-9H3. The van der Waals surface area contributed by atoms with Crippen LogP contribution in [0, 0.1) is 17.8 Å². The highest BCUT2D eigenvalue weighted by Gasteiger charge is 2.45. The third-order valence-corrected chi connectivity index (χ3v) is 5.52. The van der Waals surface area contributed by atoms with Crippen molar-refractivity contribution in [3.63, 3.8) is 0 Å².